The number of hydrogen-bond acceptors (Lipinski definition) is 10. The van der Waals surface area contributed by atoms with Crippen molar-refractivity contribution in [2.75, 3.05) is 26.6 Å². The highest BCUT2D eigenvalue weighted by Crippen LogP contribution is 2.51. The molecule has 17 aromatic rings. The Balaban J connectivity index is 0.750. The second-order valence-corrected chi connectivity index (χ2v) is 24.6. The highest BCUT2D eigenvalue weighted by Gasteiger charge is 2.30. The third kappa shape index (κ3) is 9.12. The molecule has 0 fully saturated rings. The van der Waals surface area contributed by atoms with E-state index >= 15 is 0 Å². The second kappa shape index (κ2) is 22.4. The first kappa shape index (κ1) is 55.3. The zero-order valence-corrected chi connectivity index (χ0v) is 52.4. The molecular weight excluding hydrogens is 1160 g/mol. The minimum absolute atomic E-state index is 0.244. The molecule has 12 aromatic carbocycles. The number of nitrogens with zero attached hydrogens (tertiary/aromatic N) is 10. The van der Waals surface area contributed by atoms with E-state index in [-0.39, 0.29) is 6.17 Å². The molecule has 1 unspecified atom stereocenters. The summed E-state index contributed by atoms with van der Waals surface area (Å²) in [6.07, 6.45) is 12.2. The van der Waals surface area contributed by atoms with Gasteiger partial charge >= 0.3 is 0 Å². The Labute approximate surface area is 549 Å². The van der Waals surface area contributed by atoms with Crippen LogP contribution in [0.25, 0.3) is 91.8 Å². The van der Waals surface area contributed by atoms with Crippen LogP contribution in [-0.2, 0) is 0 Å². The first-order valence-electron chi connectivity index (χ1n) is 32.2. The quantitative estimate of drug-likeness (QED) is 0.104. The minimum Gasteiger partial charge on any atom is -0.356 e. The predicted octanol–water partition coefficient (Wildman–Crippen LogP) is 21.8. The highest BCUT2D eigenvalue weighted by molar-refractivity contribution is 6.30. The van der Waals surface area contributed by atoms with Gasteiger partial charge in [0.15, 0.2) is 0 Å². The molecule has 10 heteroatoms. The first-order valence-corrected chi connectivity index (χ1v) is 32.2. The standard InChI is InChI=1S/C85H60N10/c1-54-17-12-30-79(89-54)92(70-25-14-20-56-19-4-5-21-63(56)70)72-45-36-57-33-42-67-73(46-37-58-32-41-66(72)82(57)83(58)67)93(80-31-13-18-55(2)90-80)71-26-16-23-64-62(22-15-24-65(64)71)61-40-49-81(91(3)53-61)95(78-29-8-11-52-88-78)75-48-39-60-34-43-68-74(47-38-59-35-44-69(75)85(60)84(59)68)94(76-27-6-9-50-86-76)77-28-7-10-51-87-77/h4-53,81H,1-3H3. The van der Waals surface area contributed by atoms with Gasteiger partial charge in [0.2, 0.25) is 0 Å². The monoisotopic (exact) mass is 1220 g/mol. The number of aryl methyl sites for hydroxylation is 2. The Hall–Kier alpha value is -12.5. The Bertz CT molecular complexity index is 5850. The summed E-state index contributed by atoms with van der Waals surface area (Å²) in [5.74, 6) is 4.13. The molecule has 0 aliphatic carbocycles. The molecule has 0 radical (unpaired) electrons. The largest absolute Gasteiger partial charge is 0.356 e. The van der Waals surface area contributed by atoms with Gasteiger partial charge in [0.1, 0.15) is 35.3 Å². The van der Waals surface area contributed by atoms with E-state index in [9.17, 15) is 0 Å². The topological polar surface area (TPSA) is 80.7 Å². The summed E-state index contributed by atoms with van der Waals surface area (Å²) in [4.78, 5) is 36.8. The molecule has 450 valence electrons. The molecule has 1 aliphatic rings. The van der Waals surface area contributed by atoms with E-state index in [1.165, 1.54) is 37.7 Å². The van der Waals surface area contributed by atoms with Crippen LogP contribution in [0.5, 0.6) is 0 Å². The first-order chi connectivity index (χ1) is 46.9. The van der Waals surface area contributed by atoms with Crippen LogP contribution in [-0.4, -0.2) is 43.0 Å². The van der Waals surface area contributed by atoms with Crippen molar-refractivity contribution in [3.8, 4) is 0 Å². The van der Waals surface area contributed by atoms with Crippen LogP contribution in [0, 0.1) is 13.8 Å². The molecule has 0 bridgehead atoms. The van der Waals surface area contributed by atoms with E-state index in [2.05, 4.69) is 288 Å². The summed E-state index contributed by atoms with van der Waals surface area (Å²) in [6.45, 7) is 4.13. The van der Waals surface area contributed by atoms with Crippen molar-refractivity contribution in [1.82, 2.24) is 29.8 Å². The summed E-state index contributed by atoms with van der Waals surface area (Å²) < 4.78 is 0. The van der Waals surface area contributed by atoms with Gasteiger partial charge in [-0.3, -0.25) is 14.7 Å². The molecule has 0 N–H and O–H groups in total. The maximum Gasteiger partial charge on any atom is 0.138 e. The smallest absolute Gasteiger partial charge is 0.138 e. The van der Waals surface area contributed by atoms with E-state index in [1.807, 2.05) is 61.1 Å². The molecule has 6 heterocycles. The fourth-order valence-corrected chi connectivity index (χ4v) is 14.9. The zero-order chi connectivity index (χ0) is 63.3. The highest BCUT2D eigenvalue weighted by atomic mass is 15.4. The molecule has 0 saturated carbocycles. The Morgan fingerprint density at radius 1 is 0.305 bits per heavy atom. The number of aromatic nitrogens is 5. The van der Waals surface area contributed by atoms with Crippen LogP contribution in [0.1, 0.15) is 17.0 Å². The fraction of sp³-hybridized carbons (Fsp3) is 0.0471. The van der Waals surface area contributed by atoms with Crippen LogP contribution >= 0.6 is 0 Å². The number of hydrogen-bond donors (Lipinski definition) is 0. The summed E-state index contributed by atoms with van der Waals surface area (Å²) in [7, 11) is 2.18. The van der Waals surface area contributed by atoms with Crippen molar-refractivity contribution in [1.29, 1.82) is 0 Å². The fourth-order valence-electron chi connectivity index (χ4n) is 14.9. The lowest BCUT2D eigenvalue weighted by Gasteiger charge is -2.39. The van der Waals surface area contributed by atoms with Gasteiger partial charge in [-0.1, -0.05) is 176 Å². The van der Waals surface area contributed by atoms with Gasteiger partial charge < -0.3 is 9.80 Å². The lowest BCUT2D eigenvalue weighted by atomic mass is 9.91. The van der Waals surface area contributed by atoms with Crippen molar-refractivity contribution in [3.63, 3.8) is 0 Å². The van der Waals surface area contributed by atoms with E-state index in [0.29, 0.717) is 0 Å². The number of allylic oxidation sites excluding steroid dienone is 2. The summed E-state index contributed by atoms with van der Waals surface area (Å²) in [5.41, 5.74) is 10.4. The number of benzene rings is 12. The lowest BCUT2D eigenvalue weighted by Crippen LogP contribution is -2.42. The Morgan fingerprint density at radius 2 is 0.705 bits per heavy atom. The third-order valence-corrected chi connectivity index (χ3v) is 19.0. The van der Waals surface area contributed by atoms with Crippen LogP contribution in [0.4, 0.5) is 63.2 Å². The Kier molecular flexibility index (Phi) is 13.0. The van der Waals surface area contributed by atoms with Crippen LogP contribution in [0.2, 0.25) is 0 Å². The van der Waals surface area contributed by atoms with E-state index in [0.717, 1.165) is 134 Å². The molecule has 0 saturated heterocycles. The SMILES string of the molecule is Cc1cccc(N(c2cccc3ccccc23)c2ccc3ccc4c(N(c5cccc(C)n5)c5cccc6c(C7=CN(C)C(N(c8ccccn8)c8ccc9ccc%10c(N(c%11ccccn%11)c%11ccccn%11)ccc%11ccc8c9c%11%10)C=C7)cccc56)ccc5ccc2c3c54)n1. The van der Waals surface area contributed by atoms with Gasteiger partial charge in [0, 0.05) is 75.5 Å². The molecule has 1 aliphatic heterocycles. The van der Waals surface area contributed by atoms with Crippen molar-refractivity contribution >= 4 is 155 Å². The maximum atomic E-state index is 5.32. The maximum absolute atomic E-state index is 5.32. The number of rotatable bonds is 13. The Morgan fingerprint density at radius 3 is 1.23 bits per heavy atom. The number of anilines is 11. The van der Waals surface area contributed by atoms with Crippen molar-refractivity contribution < 1.29 is 0 Å². The van der Waals surface area contributed by atoms with Crippen molar-refractivity contribution in [2.45, 2.75) is 20.0 Å². The molecule has 5 aromatic heterocycles. The van der Waals surface area contributed by atoms with Crippen LogP contribution < -0.4 is 19.6 Å². The predicted molar refractivity (Wildman–Crippen MR) is 395 cm³/mol. The van der Waals surface area contributed by atoms with Gasteiger partial charge in [-0.2, -0.15) is 0 Å². The number of fused-ring (bicyclic) bond motifs is 2. The number of pyridine rings is 5. The van der Waals surface area contributed by atoms with Crippen LogP contribution in [0.15, 0.2) is 304 Å². The molecule has 0 spiro atoms. The molecular formula is C85H60N10. The normalized spacial score (nSPS) is 13.3. The van der Waals surface area contributed by atoms with Gasteiger partial charge in [0.25, 0.3) is 0 Å². The van der Waals surface area contributed by atoms with E-state index < -0.39 is 0 Å². The zero-order valence-electron chi connectivity index (χ0n) is 52.4. The molecule has 18 rings (SSSR count). The molecule has 1 atom stereocenters. The van der Waals surface area contributed by atoms with Gasteiger partial charge in [-0.05, 0) is 182 Å². The third-order valence-electron chi connectivity index (χ3n) is 19.0. The molecule has 0 amide bonds. The molecule has 10 nitrogen and oxygen atoms in total. The average Bonchev–Trinajstić information content (AvgIpc) is 0.726. The summed E-state index contributed by atoms with van der Waals surface area (Å²) >= 11 is 0. The van der Waals surface area contributed by atoms with Gasteiger partial charge in [0.05, 0.1) is 34.1 Å². The van der Waals surface area contributed by atoms with Crippen molar-refractivity contribution in [3.05, 3.63) is 321 Å². The molecule has 95 heavy (non-hydrogen) atoms. The summed E-state index contributed by atoms with van der Waals surface area (Å²) in [6, 6.07) is 95.6. The number of likely N-dealkylation sites (N-methyl/N-ethyl adjacent to an activating group) is 1. The van der Waals surface area contributed by atoms with Crippen LogP contribution in [0.3, 0.4) is 0 Å². The average molecular weight is 1220 g/mol. The minimum atomic E-state index is -0.244. The van der Waals surface area contributed by atoms with Gasteiger partial charge in [-0.25, -0.2) is 24.9 Å². The van der Waals surface area contributed by atoms with Crippen molar-refractivity contribution in [2.24, 2.45) is 0 Å². The van der Waals surface area contributed by atoms with E-state index in [4.69, 9.17) is 24.9 Å². The van der Waals surface area contributed by atoms with Gasteiger partial charge in [-0.15, -0.1) is 0 Å². The summed E-state index contributed by atoms with van der Waals surface area (Å²) in [5, 5.41) is 18.5. The van der Waals surface area contributed by atoms with E-state index in [1.54, 1.807) is 0 Å². The lowest BCUT2D eigenvalue weighted by molar-refractivity contribution is 0.385. The second-order valence-electron chi connectivity index (χ2n) is 24.6.